The van der Waals surface area contributed by atoms with Gasteiger partial charge in [0.25, 0.3) is 0 Å². The van der Waals surface area contributed by atoms with Crippen molar-refractivity contribution in [2.75, 3.05) is 40.4 Å². The molecule has 28 heavy (non-hydrogen) atoms. The third-order valence-corrected chi connectivity index (χ3v) is 5.42. The average Bonchev–Trinajstić information content (AvgIpc) is 3.18. The quantitative estimate of drug-likeness (QED) is 0.563. The molecule has 6 nitrogen and oxygen atoms in total. The first-order chi connectivity index (χ1) is 13.8. The summed E-state index contributed by atoms with van der Waals surface area (Å²) in [5, 5.41) is 3.48. The van der Waals surface area contributed by atoms with Gasteiger partial charge in [-0.15, -0.1) is 0 Å². The lowest BCUT2D eigenvalue weighted by molar-refractivity contribution is 0.0625. The molecule has 0 spiro atoms. The van der Waals surface area contributed by atoms with Crippen LogP contribution in [0, 0.1) is 5.92 Å². The van der Waals surface area contributed by atoms with E-state index >= 15 is 0 Å². The minimum absolute atomic E-state index is 0.778. The molecule has 6 heteroatoms. The fourth-order valence-corrected chi connectivity index (χ4v) is 3.68. The molecular formula is C22H33N5O. The van der Waals surface area contributed by atoms with Crippen molar-refractivity contribution in [1.82, 2.24) is 19.8 Å². The first kappa shape index (κ1) is 20.4. The highest BCUT2D eigenvalue weighted by Crippen LogP contribution is 2.18. The van der Waals surface area contributed by atoms with Crippen molar-refractivity contribution in [3.8, 4) is 0 Å². The van der Waals surface area contributed by atoms with E-state index < -0.39 is 0 Å². The maximum absolute atomic E-state index is 5.45. The Morgan fingerprint density at radius 2 is 2.07 bits per heavy atom. The number of benzene rings is 1. The zero-order chi connectivity index (χ0) is 19.6. The van der Waals surface area contributed by atoms with E-state index in [-0.39, 0.29) is 0 Å². The van der Waals surface area contributed by atoms with Gasteiger partial charge in [0.1, 0.15) is 5.82 Å². The molecule has 2 heterocycles. The SMILES string of the molecule is CN=C(NCCc1nccn1Cc1ccccc1)N(C)CCC1CCOCC1. The van der Waals surface area contributed by atoms with Crippen LogP contribution >= 0.6 is 0 Å². The second-order valence-corrected chi connectivity index (χ2v) is 7.45. The number of rotatable bonds is 8. The maximum Gasteiger partial charge on any atom is 0.193 e. The minimum atomic E-state index is 0.778. The molecule has 0 radical (unpaired) electrons. The van der Waals surface area contributed by atoms with Gasteiger partial charge in [-0.2, -0.15) is 0 Å². The first-order valence-corrected chi connectivity index (χ1v) is 10.3. The van der Waals surface area contributed by atoms with Crippen LogP contribution in [-0.4, -0.2) is 60.8 Å². The van der Waals surface area contributed by atoms with E-state index in [9.17, 15) is 0 Å². The van der Waals surface area contributed by atoms with Crippen molar-refractivity contribution in [2.24, 2.45) is 10.9 Å². The molecule has 0 amide bonds. The molecule has 3 rings (SSSR count). The van der Waals surface area contributed by atoms with Gasteiger partial charge >= 0.3 is 0 Å². The Hall–Kier alpha value is -2.34. The Morgan fingerprint density at radius 3 is 2.82 bits per heavy atom. The topological polar surface area (TPSA) is 54.7 Å². The van der Waals surface area contributed by atoms with E-state index in [2.05, 4.69) is 62.3 Å². The molecule has 0 bridgehead atoms. The number of imidazole rings is 1. The van der Waals surface area contributed by atoms with Crippen molar-refractivity contribution in [3.05, 3.63) is 54.1 Å². The molecule has 2 aromatic rings. The van der Waals surface area contributed by atoms with Gasteiger partial charge in [-0.3, -0.25) is 4.99 Å². The van der Waals surface area contributed by atoms with E-state index in [4.69, 9.17) is 4.74 Å². The summed E-state index contributed by atoms with van der Waals surface area (Å²) in [6.07, 6.45) is 8.37. The molecule has 1 aliphatic rings. The van der Waals surface area contributed by atoms with Gasteiger partial charge < -0.3 is 19.5 Å². The largest absolute Gasteiger partial charge is 0.381 e. The lowest BCUT2D eigenvalue weighted by Crippen LogP contribution is -2.41. The van der Waals surface area contributed by atoms with Crippen molar-refractivity contribution < 1.29 is 4.74 Å². The molecule has 1 N–H and O–H groups in total. The van der Waals surface area contributed by atoms with Gasteiger partial charge in [-0.05, 0) is 30.7 Å². The van der Waals surface area contributed by atoms with Crippen LogP contribution in [0.15, 0.2) is 47.7 Å². The van der Waals surface area contributed by atoms with E-state index in [1.807, 2.05) is 19.3 Å². The summed E-state index contributed by atoms with van der Waals surface area (Å²) in [7, 11) is 3.97. The summed E-state index contributed by atoms with van der Waals surface area (Å²) < 4.78 is 7.67. The van der Waals surface area contributed by atoms with Crippen LogP contribution < -0.4 is 5.32 Å². The van der Waals surface area contributed by atoms with E-state index in [1.165, 1.54) is 24.8 Å². The molecule has 0 aliphatic carbocycles. The van der Waals surface area contributed by atoms with Gasteiger partial charge in [0.05, 0.1) is 0 Å². The van der Waals surface area contributed by atoms with Crippen LogP contribution in [0.4, 0.5) is 0 Å². The highest BCUT2D eigenvalue weighted by molar-refractivity contribution is 5.79. The van der Waals surface area contributed by atoms with Crippen LogP contribution in [0.3, 0.4) is 0 Å². The Morgan fingerprint density at radius 1 is 1.29 bits per heavy atom. The molecule has 1 saturated heterocycles. The summed E-state index contributed by atoms with van der Waals surface area (Å²) in [5.41, 5.74) is 1.29. The molecule has 1 fully saturated rings. The number of hydrogen-bond acceptors (Lipinski definition) is 3. The fraction of sp³-hybridized carbons (Fsp3) is 0.545. The fourth-order valence-electron chi connectivity index (χ4n) is 3.68. The van der Waals surface area contributed by atoms with E-state index in [0.29, 0.717) is 0 Å². The average molecular weight is 384 g/mol. The number of nitrogens with one attached hydrogen (secondary N) is 1. The highest BCUT2D eigenvalue weighted by Gasteiger charge is 2.15. The first-order valence-electron chi connectivity index (χ1n) is 10.3. The number of hydrogen-bond donors (Lipinski definition) is 1. The summed E-state index contributed by atoms with van der Waals surface area (Å²) in [5.74, 6) is 2.82. The van der Waals surface area contributed by atoms with Gasteiger partial charge in [0.2, 0.25) is 0 Å². The molecule has 152 valence electrons. The standard InChI is InChI=1S/C22H33N5O/c1-23-22(26(2)14-9-19-10-16-28-17-11-19)25-12-8-21-24-13-15-27(21)18-20-6-4-3-5-7-20/h3-7,13,15,19H,8-12,14,16-18H2,1-2H3,(H,23,25). The van der Waals surface area contributed by atoms with E-state index in [1.54, 1.807) is 0 Å². The third-order valence-electron chi connectivity index (χ3n) is 5.42. The Labute approximate surface area is 168 Å². The van der Waals surface area contributed by atoms with Gasteiger partial charge in [-0.1, -0.05) is 30.3 Å². The molecule has 0 atom stereocenters. The van der Waals surface area contributed by atoms with Gasteiger partial charge in [-0.25, -0.2) is 4.98 Å². The third kappa shape index (κ3) is 6.09. The molecule has 1 aromatic heterocycles. The van der Waals surface area contributed by atoms with Crippen molar-refractivity contribution in [1.29, 1.82) is 0 Å². The maximum atomic E-state index is 5.45. The molecule has 0 saturated carbocycles. The summed E-state index contributed by atoms with van der Waals surface area (Å²) in [4.78, 5) is 11.2. The highest BCUT2D eigenvalue weighted by atomic mass is 16.5. The second-order valence-electron chi connectivity index (χ2n) is 7.45. The summed E-state index contributed by atoms with van der Waals surface area (Å²) in [6, 6.07) is 10.5. The Balaban J connectivity index is 1.43. The number of nitrogens with zero attached hydrogens (tertiary/aromatic N) is 4. The molecule has 1 aromatic carbocycles. The molecular weight excluding hydrogens is 350 g/mol. The summed E-state index contributed by atoms with van der Waals surface area (Å²) >= 11 is 0. The number of guanidine groups is 1. The van der Waals surface area contributed by atoms with Crippen LogP contribution in [0.2, 0.25) is 0 Å². The van der Waals surface area contributed by atoms with Crippen molar-refractivity contribution in [3.63, 3.8) is 0 Å². The van der Waals surface area contributed by atoms with Gasteiger partial charge in [0, 0.05) is 65.8 Å². The predicted molar refractivity (Wildman–Crippen MR) is 114 cm³/mol. The minimum Gasteiger partial charge on any atom is -0.381 e. The molecule has 0 unspecified atom stereocenters. The lowest BCUT2D eigenvalue weighted by atomic mass is 9.96. The van der Waals surface area contributed by atoms with E-state index in [0.717, 1.165) is 57.0 Å². The van der Waals surface area contributed by atoms with Crippen molar-refractivity contribution >= 4 is 5.96 Å². The second kappa shape index (κ2) is 10.9. The predicted octanol–water partition coefficient (Wildman–Crippen LogP) is 2.80. The zero-order valence-electron chi connectivity index (χ0n) is 17.2. The number of aromatic nitrogens is 2. The smallest absolute Gasteiger partial charge is 0.193 e. The monoisotopic (exact) mass is 383 g/mol. The number of ether oxygens (including phenoxy) is 1. The van der Waals surface area contributed by atoms with Crippen LogP contribution in [0.1, 0.15) is 30.7 Å². The normalized spacial score (nSPS) is 15.6. The number of aliphatic imine (C=N–C) groups is 1. The van der Waals surface area contributed by atoms with Crippen molar-refractivity contribution in [2.45, 2.75) is 32.2 Å². The van der Waals surface area contributed by atoms with Gasteiger partial charge in [0.15, 0.2) is 5.96 Å². The lowest BCUT2D eigenvalue weighted by Gasteiger charge is -2.26. The summed E-state index contributed by atoms with van der Waals surface area (Å²) in [6.45, 7) is 4.52. The van der Waals surface area contributed by atoms with Crippen LogP contribution in [0.25, 0.3) is 0 Å². The molecule has 1 aliphatic heterocycles. The Kier molecular flexibility index (Phi) is 7.91. The van der Waals surface area contributed by atoms with Crippen LogP contribution in [0.5, 0.6) is 0 Å². The zero-order valence-corrected chi connectivity index (χ0v) is 17.2. The Bertz CT molecular complexity index is 722. The van der Waals surface area contributed by atoms with Crippen LogP contribution in [-0.2, 0) is 17.7 Å².